The third-order valence-corrected chi connectivity index (χ3v) is 1.81. The smallest absolute Gasteiger partial charge is 0.234 e. The molecule has 0 atom stereocenters. The van der Waals surface area contributed by atoms with Gasteiger partial charge in [0.05, 0.1) is 11.5 Å². The summed E-state index contributed by atoms with van der Waals surface area (Å²) in [5, 5.41) is 13.3. The van der Waals surface area contributed by atoms with Gasteiger partial charge in [0.1, 0.15) is 6.42 Å². The second-order valence-corrected chi connectivity index (χ2v) is 3.57. The normalized spacial score (nSPS) is 10.1. The molecule has 0 rings (SSSR count). The summed E-state index contributed by atoms with van der Waals surface area (Å²) in [7, 11) is 1.54. The molecule has 2 amide bonds. The van der Waals surface area contributed by atoms with Gasteiger partial charge in [-0.15, -0.1) is 0 Å². The topological polar surface area (TPSA) is 82.0 Å². The quantitative estimate of drug-likeness (QED) is 0.654. The first-order valence-corrected chi connectivity index (χ1v) is 4.30. The summed E-state index contributed by atoms with van der Waals surface area (Å²) in [6.07, 6.45) is -0.177. The molecule has 0 spiro atoms. The second-order valence-electron chi connectivity index (χ2n) is 3.57. The number of carbonyl (C=O) groups is 2. The standard InChI is InChI=1S/C9H15N3O2/c1-9(2,8(14)11-3)6-12-7(13)4-5-10/h4,6H2,1-3H3,(H,11,14)(H,12,13). The molecule has 2 N–H and O–H groups in total. The first kappa shape index (κ1) is 12.4. The number of rotatable bonds is 4. The predicted molar refractivity (Wildman–Crippen MR) is 51.1 cm³/mol. The molecule has 0 heterocycles. The van der Waals surface area contributed by atoms with Gasteiger partial charge >= 0.3 is 0 Å². The molecule has 5 nitrogen and oxygen atoms in total. The highest BCUT2D eigenvalue weighted by Crippen LogP contribution is 2.12. The Morgan fingerprint density at radius 1 is 1.43 bits per heavy atom. The van der Waals surface area contributed by atoms with Crippen LogP contribution in [0.25, 0.3) is 0 Å². The molecule has 0 fully saturated rings. The van der Waals surface area contributed by atoms with Gasteiger partial charge in [-0.1, -0.05) is 0 Å². The zero-order chi connectivity index (χ0) is 11.2. The lowest BCUT2D eigenvalue weighted by molar-refractivity contribution is -0.129. The monoisotopic (exact) mass is 197 g/mol. The van der Waals surface area contributed by atoms with Gasteiger partial charge < -0.3 is 10.6 Å². The molecule has 0 aliphatic rings. The number of amides is 2. The first-order chi connectivity index (χ1) is 6.44. The summed E-state index contributed by atoms with van der Waals surface area (Å²) in [4.78, 5) is 22.2. The fraction of sp³-hybridized carbons (Fsp3) is 0.667. The molecule has 78 valence electrons. The molecule has 0 unspecified atom stereocenters. The van der Waals surface area contributed by atoms with E-state index < -0.39 is 5.41 Å². The van der Waals surface area contributed by atoms with E-state index in [2.05, 4.69) is 10.6 Å². The molecule has 14 heavy (non-hydrogen) atoms. The fourth-order valence-corrected chi connectivity index (χ4v) is 0.873. The number of hydrogen-bond donors (Lipinski definition) is 2. The van der Waals surface area contributed by atoms with Crippen LogP contribution in [-0.2, 0) is 9.59 Å². The van der Waals surface area contributed by atoms with Crippen LogP contribution in [-0.4, -0.2) is 25.4 Å². The summed E-state index contributed by atoms with van der Waals surface area (Å²) < 4.78 is 0. The van der Waals surface area contributed by atoms with E-state index in [1.165, 1.54) is 0 Å². The summed E-state index contributed by atoms with van der Waals surface area (Å²) in [6, 6.07) is 1.73. The van der Waals surface area contributed by atoms with Crippen molar-refractivity contribution in [3.8, 4) is 6.07 Å². The van der Waals surface area contributed by atoms with Crippen LogP contribution in [0.1, 0.15) is 20.3 Å². The maximum Gasteiger partial charge on any atom is 0.234 e. The van der Waals surface area contributed by atoms with E-state index in [4.69, 9.17) is 5.26 Å². The molecule has 0 bridgehead atoms. The van der Waals surface area contributed by atoms with Crippen LogP contribution in [0.5, 0.6) is 0 Å². The Labute approximate surface area is 83.5 Å². The van der Waals surface area contributed by atoms with E-state index in [9.17, 15) is 9.59 Å². The molecule has 0 aromatic heterocycles. The van der Waals surface area contributed by atoms with Gasteiger partial charge in [0, 0.05) is 13.6 Å². The average Bonchev–Trinajstić information content (AvgIpc) is 2.14. The molecular weight excluding hydrogens is 182 g/mol. The zero-order valence-electron chi connectivity index (χ0n) is 8.68. The Morgan fingerprint density at radius 3 is 2.43 bits per heavy atom. The average molecular weight is 197 g/mol. The van der Waals surface area contributed by atoms with Crippen molar-refractivity contribution in [3.63, 3.8) is 0 Å². The third kappa shape index (κ3) is 3.90. The van der Waals surface area contributed by atoms with Crippen LogP contribution >= 0.6 is 0 Å². The third-order valence-electron chi connectivity index (χ3n) is 1.81. The van der Waals surface area contributed by atoms with Crippen molar-refractivity contribution in [3.05, 3.63) is 0 Å². The highest BCUT2D eigenvalue weighted by molar-refractivity contribution is 5.83. The van der Waals surface area contributed by atoms with Gasteiger partial charge in [-0.25, -0.2) is 0 Å². The maximum absolute atomic E-state index is 11.3. The lowest BCUT2D eigenvalue weighted by Gasteiger charge is -2.22. The van der Waals surface area contributed by atoms with Crippen LogP contribution in [0, 0.1) is 16.7 Å². The number of nitriles is 1. The van der Waals surface area contributed by atoms with Crippen LogP contribution in [0.15, 0.2) is 0 Å². The number of hydrogen-bond acceptors (Lipinski definition) is 3. The van der Waals surface area contributed by atoms with Gasteiger partial charge in [0.15, 0.2) is 0 Å². The summed E-state index contributed by atoms with van der Waals surface area (Å²) in [6.45, 7) is 3.67. The SMILES string of the molecule is CNC(=O)C(C)(C)CNC(=O)CC#N. The summed E-state index contributed by atoms with van der Waals surface area (Å²) >= 11 is 0. The van der Waals surface area contributed by atoms with Crippen molar-refractivity contribution in [2.75, 3.05) is 13.6 Å². The second kappa shape index (κ2) is 5.22. The molecule has 0 radical (unpaired) electrons. The molecule has 0 aromatic rings. The van der Waals surface area contributed by atoms with Crippen molar-refractivity contribution in [2.24, 2.45) is 5.41 Å². The fourth-order valence-electron chi connectivity index (χ4n) is 0.873. The molecule has 0 aliphatic heterocycles. The molecule has 0 aromatic carbocycles. The van der Waals surface area contributed by atoms with Crippen molar-refractivity contribution in [1.29, 1.82) is 5.26 Å². The van der Waals surface area contributed by atoms with Crippen LogP contribution in [0.2, 0.25) is 0 Å². The Bertz CT molecular complexity index is 266. The van der Waals surface area contributed by atoms with Crippen molar-refractivity contribution in [1.82, 2.24) is 10.6 Å². The summed E-state index contributed by atoms with van der Waals surface area (Å²) in [5.74, 6) is -0.501. The Hall–Kier alpha value is -1.57. The van der Waals surface area contributed by atoms with Gasteiger partial charge in [-0.2, -0.15) is 5.26 Å². The lowest BCUT2D eigenvalue weighted by atomic mass is 9.92. The van der Waals surface area contributed by atoms with Crippen LogP contribution < -0.4 is 10.6 Å². The number of carbonyl (C=O) groups excluding carboxylic acids is 2. The Balaban J connectivity index is 4.06. The highest BCUT2D eigenvalue weighted by Gasteiger charge is 2.26. The molecule has 0 saturated heterocycles. The largest absolute Gasteiger partial charge is 0.359 e. The van der Waals surface area contributed by atoms with Gasteiger partial charge in [-0.3, -0.25) is 9.59 Å². The molecule has 5 heteroatoms. The minimum absolute atomic E-state index is 0.144. The van der Waals surface area contributed by atoms with E-state index in [1.807, 2.05) is 0 Å². The van der Waals surface area contributed by atoms with E-state index in [0.29, 0.717) is 0 Å². The van der Waals surface area contributed by atoms with Gasteiger partial charge in [0.25, 0.3) is 0 Å². The Kier molecular flexibility index (Phi) is 4.64. The van der Waals surface area contributed by atoms with E-state index in [0.717, 1.165) is 0 Å². The number of nitrogens with one attached hydrogen (secondary N) is 2. The number of nitrogens with zero attached hydrogens (tertiary/aromatic N) is 1. The molecular formula is C9H15N3O2. The maximum atomic E-state index is 11.3. The van der Waals surface area contributed by atoms with Gasteiger partial charge in [-0.05, 0) is 13.8 Å². The minimum Gasteiger partial charge on any atom is -0.359 e. The minimum atomic E-state index is -0.653. The van der Waals surface area contributed by atoms with E-state index >= 15 is 0 Å². The van der Waals surface area contributed by atoms with Crippen LogP contribution in [0.3, 0.4) is 0 Å². The van der Waals surface area contributed by atoms with E-state index in [1.54, 1.807) is 27.0 Å². The molecule has 0 saturated carbocycles. The van der Waals surface area contributed by atoms with Gasteiger partial charge in [0.2, 0.25) is 11.8 Å². The predicted octanol–water partition coefficient (Wildman–Crippen LogP) is -0.212. The lowest BCUT2D eigenvalue weighted by Crippen LogP contribution is -2.43. The molecule has 0 aliphatic carbocycles. The Morgan fingerprint density at radius 2 is 2.00 bits per heavy atom. The van der Waals surface area contributed by atoms with Crippen molar-refractivity contribution >= 4 is 11.8 Å². The van der Waals surface area contributed by atoms with E-state index in [-0.39, 0.29) is 24.8 Å². The first-order valence-electron chi connectivity index (χ1n) is 4.30. The van der Waals surface area contributed by atoms with Crippen LogP contribution in [0.4, 0.5) is 0 Å². The zero-order valence-corrected chi connectivity index (χ0v) is 8.68. The van der Waals surface area contributed by atoms with Crippen molar-refractivity contribution in [2.45, 2.75) is 20.3 Å². The summed E-state index contributed by atoms with van der Waals surface area (Å²) in [5.41, 5.74) is -0.653. The van der Waals surface area contributed by atoms with Crippen molar-refractivity contribution < 1.29 is 9.59 Å². The highest BCUT2D eigenvalue weighted by atomic mass is 16.2.